The van der Waals surface area contributed by atoms with Gasteiger partial charge in [-0.2, -0.15) is 0 Å². The average molecular weight is 187 g/mol. The lowest BCUT2D eigenvalue weighted by Gasteiger charge is -2.26. The summed E-state index contributed by atoms with van der Waals surface area (Å²) < 4.78 is 0. The van der Waals surface area contributed by atoms with Gasteiger partial charge in [0.05, 0.1) is 6.54 Å². The molecule has 0 saturated carbocycles. The fourth-order valence-electron chi connectivity index (χ4n) is 1.52. The van der Waals surface area contributed by atoms with Gasteiger partial charge < -0.3 is 5.11 Å². The van der Waals surface area contributed by atoms with Crippen molar-refractivity contribution in [3.8, 4) is 0 Å². The summed E-state index contributed by atoms with van der Waals surface area (Å²) in [5, 5.41) is 8.69. The van der Waals surface area contributed by atoms with Crippen molar-refractivity contribution in [2.24, 2.45) is 0 Å². The molecule has 0 aromatic carbocycles. The molecule has 0 amide bonds. The monoisotopic (exact) mass is 187 g/mol. The number of hydrogen-bond donors (Lipinski definition) is 1. The molecule has 0 aromatic heterocycles. The summed E-state index contributed by atoms with van der Waals surface area (Å²) in [5.41, 5.74) is 0. The number of carboxylic acids is 1. The molecular weight excluding hydrogens is 166 g/mol. The Hall–Kier alpha value is -0.570. The minimum atomic E-state index is -0.726. The summed E-state index contributed by atoms with van der Waals surface area (Å²) >= 11 is 0. The van der Waals surface area contributed by atoms with Crippen molar-refractivity contribution in [2.75, 3.05) is 13.1 Å². The molecule has 1 N–H and O–H groups in total. The molecule has 3 nitrogen and oxygen atoms in total. The molecule has 78 valence electrons. The molecule has 1 unspecified atom stereocenters. The van der Waals surface area contributed by atoms with Gasteiger partial charge in [-0.1, -0.05) is 20.3 Å². The number of aliphatic carboxylic acids is 1. The Morgan fingerprint density at radius 3 is 2.38 bits per heavy atom. The zero-order valence-corrected chi connectivity index (χ0v) is 8.92. The number of carbonyl (C=O) groups is 1. The predicted molar refractivity (Wildman–Crippen MR) is 53.9 cm³/mol. The van der Waals surface area contributed by atoms with Gasteiger partial charge >= 0.3 is 5.97 Å². The third-order valence-corrected chi connectivity index (χ3v) is 2.18. The van der Waals surface area contributed by atoms with Crippen LogP contribution in [0.4, 0.5) is 0 Å². The van der Waals surface area contributed by atoms with Crippen molar-refractivity contribution in [1.29, 1.82) is 0 Å². The SMILES string of the molecule is CCCC(C)N(CCC)CC(=O)O. The van der Waals surface area contributed by atoms with E-state index in [9.17, 15) is 4.79 Å². The van der Waals surface area contributed by atoms with E-state index in [0.717, 1.165) is 25.8 Å². The zero-order chi connectivity index (χ0) is 10.3. The first-order valence-corrected chi connectivity index (χ1v) is 5.07. The fourth-order valence-corrected chi connectivity index (χ4v) is 1.52. The lowest BCUT2D eigenvalue weighted by atomic mass is 10.1. The van der Waals surface area contributed by atoms with E-state index in [0.29, 0.717) is 6.04 Å². The lowest BCUT2D eigenvalue weighted by molar-refractivity contribution is -0.138. The molecule has 0 aliphatic heterocycles. The van der Waals surface area contributed by atoms with E-state index in [2.05, 4.69) is 20.8 Å². The minimum absolute atomic E-state index is 0.176. The van der Waals surface area contributed by atoms with E-state index >= 15 is 0 Å². The fraction of sp³-hybridized carbons (Fsp3) is 0.900. The maximum Gasteiger partial charge on any atom is 0.317 e. The van der Waals surface area contributed by atoms with Crippen molar-refractivity contribution in [3.05, 3.63) is 0 Å². The molecule has 0 aliphatic rings. The van der Waals surface area contributed by atoms with Crippen LogP contribution in [-0.2, 0) is 4.79 Å². The van der Waals surface area contributed by atoms with Gasteiger partial charge in [-0.25, -0.2) is 0 Å². The van der Waals surface area contributed by atoms with Gasteiger partial charge in [0, 0.05) is 6.04 Å². The van der Waals surface area contributed by atoms with Gasteiger partial charge in [-0.05, 0) is 26.3 Å². The molecule has 3 heteroatoms. The quantitative estimate of drug-likeness (QED) is 0.662. The highest BCUT2D eigenvalue weighted by Gasteiger charge is 2.14. The zero-order valence-electron chi connectivity index (χ0n) is 8.92. The Morgan fingerprint density at radius 2 is 2.00 bits per heavy atom. The Morgan fingerprint density at radius 1 is 1.38 bits per heavy atom. The molecule has 0 bridgehead atoms. The summed E-state index contributed by atoms with van der Waals surface area (Å²) in [6, 6.07) is 0.390. The van der Waals surface area contributed by atoms with Crippen LogP contribution in [-0.4, -0.2) is 35.1 Å². The molecule has 1 atom stereocenters. The highest BCUT2D eigenvalue weighted by Crippen LogP contribution is 2.06. The third-order valence-electron chi connectivity index (χ3n) is 2.18. The molecule has 0 spiro atoms. The summed E-state index contributed by atoms with van der Waals surface area (Å²) in [7, 11) is 0. The second-order valence-electron chi connectivity index (χ2n) is 3.50. The first kappa shape index (κ1) is 12.4. The smallest absolute Gasteiger partial charge is 0.317 e. The van der Waals surface area contributed by atoms with Crippen molar-refractivity contribution < 1.29 is 9.90 Å². The van der Waals surface area contributed by atoms with Crippen LogP contribution in [0.15, 0.2) is 0 Å². The van der Waals surface area contributed by atoms with E-state index in [1.165, 1.54) is 0 Å². The molecule has 13 heavy (non-hydrogen) atoms. The van der Waals surface area contributed by atoms with Crippen molar-refractivity contribution >= 4 is 5.97 Å². The van der Waals surface area contributed by atoms with Gasteiger partial charge in [0.2, 0.25) is 0 Å². The van der Waals surface area contributed by atoms with E-state index in [1.807, 2.05) is 4.90 Å². The molecule has 0 radical (unpaired) electrons. The van der Waals surface area contributed by atoms with Gasteiger partial charge in [-0.15, -0.1) is 0 Å². The summed E-state index contributed by atoms with van der Waals surface area (Å²) in [6.07, 6.45) is 3.20. The minimum Gasteiger partial charge on any atom is -0.480 e. The van der Waals surface area contributed by atoms with Crippen LogP contribution < -0.4 is 0 Å². The van der Waals surface area contributed by atoms with Crippen molar-refractivity contribution in [1.82, 2.24) is 4.90 Å². The number of nitrogens with zero attached hydrogens (tertiary/aromatic N) is 1. The molecule has 0 rings (SSSR count). The van der Waals surface area contributed by atoms with E-state index in [1.54, 1.807) is 0 Å². The molecule has 0 saturated heterocycles. The van der Waals surface area contributed by atoms with Crippen LogP contribution in [0, 0.1) is 0 Å². The average Bonchev–Trinajstić information content (AvgIpc) is 2.03. The number of rotatable bonds is 7. The van der Waals surface area contributed by atoms with E-state index < -0.39 is 5.97 Å². The Kier molecular flexibility index (Phi) is 6.59. The van der Waals surface area contributed by atoms with Crippen LogP contribution in [0.3, 0.4) is 0 Å². The van der Waals surface area contributed by atoms with Gasteiger partial charge in [0.25, 0.3) is 0 Å². The summed E-state index contributed by atoms with van der Waals surface area (Å²) in [6.45, 7) is 7.36. The molecule has 0 aliphatic carbocycles. The van der Waals surface area contributed by atoms with Gasteiger partial charge in [0.1, 0.15) is 0 Å². The van der Waals surface area contributed by atoms with Crippen LogP contribution >= 0.6 is 0 Å². The summed E-state index contributed by atoms with van der Waals surface area (Å²) in [4.78, 5) is 12.6. The largest absolute Gasteiger partial charge is 0.480 e. The van der Waals surface area contributed by atoms with Crippen molar-refractivity contribution in [2.45, 2.75) is 46.1 Å². The first-order valence-electron chi connectivity index (χ1n) is 5.07. The standard InChI is InChI=1S/C10H21NO2/c1-4-6-9(3)11(7-5-2)8-10(12)13/h9H,4-8H2,1-3H3,(H,12,13). The van der Waals surface area contributed by atoms with Crippen LogP contribution in [0.2, 0.25) is 0 Å². The third kappa shape index (κ3) is 5.64. The Bertz CT molecular complexity index is 148. The van der Waals surface area contributed by atoms with Crippen molar-refractivity contribution in [3.63, 3.8) is 0 Å². The second-order valence-corrected chi connectivity index (χ2v) is 3.50. The van der Waals surface area contributed by atoms with Gasteiger partial charge in [-0.3, -0.25) is 9.69 Å². The second kappa shape index (κ2) is 6.89. The topological polar surface area (TPSA) is 40.5 Å². The Labute approximate surface area is 80.7 Å². The lowest BCUT2D eigenvalue weighted by Crippen LogP contribution is -2.37. The number of hydrogen-bond acceptors (Lipinski definition) is 2. The maximum atomic E-state index is 10.6. The molecular formula is C10H21NO2. The maximum absolute atomic E-state index is 10.6. The predicted octanol–water partition coefficient (Wildman–Crippen LogP) is 1.97. The van der Waals surface area contributed by atoms with Gasteiger partial charge in [0.15, 0.2) is 0 Å². The first-order chi connectivity index (χ1) is 6.11. The normalized spacial score (nSPS) is 13.2. The molecule has 0 fully saturated rings. The van der Waals surface area contributed by atoms with E-state index in [-0.39, 0.29) is 6.54 Å². The van der Waals surface area contributed by atoms with E-state index in [4.69, 9.17) is 5.11 Å². The highest BCUT2D eigenvalue weighted by molar-refractivity contribution is 5.69. The van der Waals surface area contributed by atoms with Crippen LogP contribution in [0.25, 0.3) is 0 Å². The molecule has 0 heterocycles. The highest BCUT2D eigenvalue weighted by atomic mass is 16.4. The van der Waals surface area contributed by atoms with Crippen LogP contribution in [0.5, 0.6) is 0 Å². The van der Waals surface area contributed by atoms with Crippen LogP contribution in [0.1, 0.15) is 40.0 Å². The number of carboxylic acid groups (broad SMARTS) is 1. The molecule has 0 aromatic rings. The summed E-state index contributed by atoms with van der Waals surface area (Å²) in [5.74, 6) is -0.726. The Balaban J connectivity index is 3.97.